The van der Waals surface area contributed by atoms with Gasteiger partial charge in [0.1, 0.15) is 0 Å². The predicted octanol–water partition coefficient (Wildman–Crippen LogP) is 3.48. The maximum atomic E-state index is 3.47. The molecule has 1 aliphatic carbocycles. The quantitative estimate of drug-likeness (QED) is 0.796. The van der Waals surface area contributed by atoms with Gasteiger partial charge in [-0.3, -0.25) is 0 Å². The van der Waals surface area contributed by atoms with Crippen molar-refractivity contribution in [1.29, 1.82) is 0 Å². The minimum Gasteiger partial charge on any atom is -0.313 e. The summed E-state index contributed by atoms with van der Waals surface area (Å²) in [5.74, 6) is 0.877. The van der Waals surface area contributed by atoms with Crippen molar-refractivity contribution in [2.24, 2.45) is 5.92 Å². The molecule has 0 spiro atoms. The zero-order valence-electron chi connectivity index (χ0n) is 10.7. The molecule has 0 radical (unpaired) electrons. The Bertz CT molecular complexity index is 352. The first-order valence-electron chi connectivity index (χ1n) is 6.59. The second-order valence-electron chi connectivity index (χ2n) is 4.84. The average Bonchev–Trinajstić information content (AvgIpc) is 3.14. The van der Waals surface area contributed by atoms with Crippen LogP contribution in [-0.4, -0.2) is 7.05 Å². The number of hydrogen-bond donors (Lipinski definition) is 1. The van der Waals surface area contributed by atoms with Crippen LogP contribution in [0.1, 0.15) is 49.4 Å². The van der Waals surface area contributed by atoms with Crippen molar-refractivity contribution in [1.82, 2.24) is 5.32 Å². The summed E-state index contributed by atoms with van der Waals surface area (Å²) in [4.78, 5) is 0. The van der Waals surface area contributed by atoms with E-state index in [4.69, 9.17) is 0 Å². The van der Waals surface area contributed by atoms with Gasteiger partial charge in [-0.2, -0.15) is 0 Å². The van der Waals surface area contributed by atoms with E-state index < -0.39 is 0 Å². The maximum absolute atomic E-state index is 3.47. The molecule has 0 amide bonds. The lowest BCUT2D eigenvalue weighted by atomic mass is 9.95. The van der Waals surface area contributed by atoms with Crippen molar-refractivity contribution >= 4 is 0 Å². The molecule has 88 valence electrons. The topological polar surface area (TPSA) is 12.0 Å². The normalized spacial score (nSPS) is 17.4. The zero-order chi connectivity index (χ0) is 11.5. The lowest BCUT2D eigenvalue weighted by Gasteiger charge is -2.18. The second-order valence-corrected chi connectivity index (χ2v) is 4.84. The van der Waals surface area contributed by atoms with Gasteiger partial charge in [0.25, 0.3) is 0 Å². The summed E-state index contributed by atoms with van der Waals surface area (Å²) in [5.41, 5.74) is 4.52. The Morgan fingerprint density at radius 3 is 2.38 bits per heavy atom. The molecule has 1 saturated carbocycles. The monoisotopic (exact) mass is 217 g/mol. The lowest BCUT2D eigenvalue weighted by molar-refractivity contribution is 0.528. The smallest absolute Gasteiger partial charge is 0.0346 e. The highest BCUT2D eigenvalue weighted by molar-refractivity contribution is 5.34. The third kappa shape index (κ3) is 2.30. The van der Waals surface area contributed by atoms with Gasteiger partial charge in [0, 0.05) is 6.04 Å². The Hall–Kier alpha value is -0.820. The molecule has 1 nitrogen and oxygen atoms in total. The third-order valence-electron chi connectivity index (χ3n) is 3.76. The SMILES string of the molecule is CCc1ccc(C(NC)C2CC2)cc1CC. The molecule has 1 unspecified atom stereocenters. The van der Waals surface area contributed by atoms with E-state index in [0.717, 1.165) is 18.8 Å². The van der Waals surface area contributed by atoms with Crippen molar-refractivity contribution in [2.45, 2.75) is 45.6 Å². The molecule has 0 aromatic heterocycles. The minimum atomic E-state index is 0.580. The Morgan fingerprint density at radius 1 is 1.19 bits per heavy atom. The second kappa shape index (κ2) is 5.01. The fourth-order valence-electron chi connectivity index (χ4n) is 2.62. The highest BCUT2D eigenvalue weighted by Gasteiger charge is 2.31. The third-order valence-corrected chi connectivity index (χ3v) is 3.76. The standard InChI is InChI=1S/C15H23N/c1-4-11-6-9-14(10-12(11)5-2)15(16-3)13-7-8-13/h6,9-10,13,15-16H,4-5,7-8H2,1-3H3. The van der Waals surface area contributed by atoms with E-state index in [1.54, 1.807) is 0 Å². The van der Waals surface area contributed by atoms with Crippen molar-refractivity contribution in [3.63, 3.8) is 0 Å². The van der Waals surface area contributed by atoms with Gasteiger partial charge in [0.2, 0.25) is 0 Å². The van der Waals surface area contributed by atoms with Gasteiger partial charge in [-0.1, -0.05) is 32.0 Å². The van der Waals surface area contributed by atoms with E-state index in [0.29, 0.717) is 6.04 Å². The molecule has 1 fully saturated rings. The first-order valence-corrected chi connectivity index (χ1v) is 6.59. The summed E-state index contributed by atoms with van der Waals surface area (Å²) in [6.07, 6.45) is 5.08. The summed E-state index contributed by atoms with van der Waals surface area (Å²) in [5, 5.41) is 3.47. The van der Waals surface area contributed by atoms with Gasteiger partial charge < -0.3 is 5.32 Å². The number of benzene rings is 1. The molecule has 2 rings (SSSR count). The summed E-state index contributed by atoms with van der Waals surface area (Å²) < 4.78 is 0. The van der Waals surface area contributed by atoms with E-state index in [2.05, 4.69) is 44.4 Å². The predicted molar refractivity (Wildman–Crippen MR) is 69.7 cm³/mol. The molecular formula is C15H23N. The number of aryl methyl sites for hydroxylation is 2. The zero-order valence-corrected chi connectivity index (χ0v) is 10.7. The molecule has 1 N–H and O–H groups in total. The van der Waals surface area contributed by atoms with E-state index in [-0.39, 0.29) is 0 Å². The Balaban J connectivity index is 2.26. The largest absolute Gasteiger partial charge is 0.313 e. The molecule has 1 aromatic carbocycles. The summed E-state index contributed by atoms with van der Waals surface area (Å²) in [7, 11) is 2.09. The van der Waals surface area contributed by atoms with Crippen molar-refractivity contribution < 1.29 is 0 Å². The molecule has 1 aliphatic rings. The van der Waals surface area contributed by atoms with E-state index in [9.17, 15) is 0 Å². The maximum Gasteiger partial charge on any atom is 0.0346 e. The van der Waals surface area contributed by atoms with Crippen LogP contribution in [0.3, 0.4) is 0 Å². The highest BCUT2D eigenvalue weighted by atomic mass is 14.9. The van der Waals surface area contributed by atoms with E-state index in [1.165, 1.54) is 29.5 Å². The molecule has 1 atom stereocenters. The molecule has 0 saturated heterocycles. The molecule has 0 heterocycles. The summed E-state index contributed by atoms with van der Waals surface area (Å²) in [6.45, 7) is 4.49. The van der Waals surface area contributed by atoms with Crippen LogP contribution < -0.4 is 5.32 Å². The van der Waals surface area contributed by atoms with Gasteiger partial charge in [-0.15, -0.1) is 0 Å². The first-order chi connectivity index (χ1) is 7.80. The van der Waals surface area contributed by atoms with Crippen molar-refractivity contribution in [3.8, 4) is 0 Å². The Kier molecular flexibility index (Phi) is 3.65. The van der Waals surface area contributed by atoms with Gasteiger partial charge in [-0.05, 0) is 55.3 Å². The number of hydrogen-bond acceptors (Lipinski definition) is 1. The first kappa shape index (κ1) is 11.7. The summed E-state index contributed by atoms with van der Waals surface area (Å²) in [6, 6.07) is 7.63. The fourth-order valence-corrected chi connectivity index (χ4v) is 2.62. The highest BCUT2D eigenvalue weighted by Crippen LogP contribution is 2.41. The molecule has 0 aliphatic heterocycles. The molecule has 1 aromatic rings. The molecule has 16 heavy (non-hydrogen) atoms. The van der Waals surface area contributed by atoms with E-state index in [1.807, 2.05) is 0 Å². The molecular weight excluding hydrogens is 194 g/mol. The van der Waals surface area contributed by atoms with E-state index >= 15 is 0 Å². The average molecular weight is 217 g/mol. The van der Waals surface area contributed by atoms with Crippen LogP contribution in [-0.2, 0) is 12.8 Å². The number of nitrogens with one attached hydrogen (secondary N) is 1. The van der Waals surface area contributed by atoms with Crippen LogP contribution in [0, 0.1) is 5.92 Å². The Labute approximate surface area is 99.3 Å². The lowest BCUT2D eigenvalue weighted by Crippen LogP contribution is -2.18. The van der Waals surface area contributed by atoms with Gasteiger partial charge in [0.05, 0.1) is 0 Å². The van der Waals surface area contributed by atoms with Gasteiger partial charge in [-0.25, -0.2) is 0 Å². The summed E-state index contributed by atoms with van der Waals surface area (Å²) >= 11 is 0. The van der Waals surface area contributed by atoms with Crippen LogP contribution in [0.5, 0.6) is 0 Å². The molecule has 1 heteroatoms. The van der Waals surface area contributed by atoms with Gasteiger partial charge in [0.15, 0.2) is 0 Å². The number of rotatable bonds is 5. The fraction of sp³-hybridized carbons (Fsp3) is 0.600. The minimum absolute atomic E-state index is 0.580. The van der Waals surface area contributed by atoms with Gasteiger partial charge >= 0.3 is 0 Å². The van der Waals surface area contributed by atoms with Crippen molar-refractivity contribution in [2.75, 3.05) is 7.05 Å². The Morgan fingerprint density at radius 2 is 1.88 bits per heavy atom. The van der Waals surface area contributed by atoms with Crippen LogP contribution in [0.25, 0.3) is 0 Å². The van der Waals surface area contributed by atoms with Crippen LogP contribution in [0.15, 0.2) is 18.2 Å². The van der Waals surface area contributed by atoms with Crippen molar-refractivity contribution in [3.05, 3.63) is 34.9 Å². The van der Waals surface area contributed by atoms with Crippen LogP contribution >= 0.6 is 0 Å². The van der Waals surface area contributed by atoms with Crippen LogP contribution in [0.2, 0.25) is 0 Å². The molecule has 0 bridgehead atoms. The van der Waals surface area contributed by atoms with Crippen LogP contribution in [0.4, 0.5) is 0 Å².